The highest BCUT2D eigenvalue weighted by atomic mass is 16.5. The Bertz CT molecular complexity index is 1190. The molecule has 0 saturated heterocycles. The molecule has 160 valence electrons. The van der Waals surface area contributed by atoms with Crippen molar-refractivity contribution in [2.45, 2.75) is 12.3 Å². The van der Waals surface area contributed by atoms with Crippen molar-refractivity contribution in [1.29, 1.82) is 0 Å². The molecule has 0 fully saturated rings. The lowest BCUT2D eigenvalue weighted by molar-refractivity contribution is 0.0697. The molecule has 4 N–H and O–H groups in total. The number of rotatable bonds is 5. The minimum absolute atomic E-state index is 0.0182. The summed E-state index contributed by atoms with van der Waals surface area (Å²) in [6.45, 7) is 0.592. The van der Waals surface area contributed by atoms with Gasteiger partial charge in [-0.1, -0.05) is 60.4 Å². The Balaban J connectivity index is 1.28. The fourth-order valence-corrected chi connectivity index (χ4v) is 3.84. The third kappa shape index (κ3) is 4.42. The average Bonchev–Trinajstić information content (AvgIpc) is 3.12. The van der Waals surface area contributed by atoms with E-state index < -0.39 is 12.1 Å². The van der Waals surface area contributed by atoms with E-state index in [9.17, 15) is 9.59 Å². The SMILES string of the molecule is Nc1cc(C(=O)O)ccc1C#CCCNC(=O)OCC1c2ccccc2-c2ccccc21. The van der Waals surface area contributed by atoms with Crippen LogP contribution in [0, 0.1) is 11.8 Å². The molecule has 0 aliphatic heterocycles. The third-order valence-electron chi connectivity index (χ3n) is 5.38. The number of nitrogens with two attached hydrogens (primary N) is 1. The molecule has 1 amide bonds. The van der Waals surface area contributed by atoms with E-state index in [1.165, 1.54) is 34.4 Å². The number of aromatic carboxylic acids is 1. The van der Waals surface area contributed by atoms with Crippen molar-refractivity contribution in [3.63, 3.8) is 0 Å². The molecule has 0 radical (unpaired) electrons. The Morgan fingerprint density at radius 1 is 1.00 bits per heavy atom. The highest BCUT2D eigenvalue weighted by Gasteiger charge is 2.28. The molecule has 1 aliphatic carbocycles. The van der Waals surface area contributed by atoms with Gasteiger partial charge in [0.05, 0.1) is 5.56 Å². The van der Waals surface area contributed by atoms with Gasteiger partial charge in [0.2, 0.25) is 0 Å². The minimum Gasteiger partial charge on any atom is -0.478 e. The zero-order chi connectivity index (χ0) is 22.5. The van der Waals surface area contributed by atoms with Gasteiger partial charge >= 0.3 is 12.1 Å². The number of benzene rings is 3. The zero-order valence-corrected chi connectivity index (χ0v) is 17.3. The molecule has 0 heterocycles. The van der Waals surface area contributed by atoms with Gasteiger partial charge in [-0.2, -0.15) is 0 Å². The van der Waals surface area contributed by atoms with Crippen molar-refractivity contribution in [2.24, 2.45) is 0 Å². The van der Waals surface area contributed by atoms with Crippen molar-refractivity contribution in [1.82, 2.24) is 5.32 Å². The Morgan fingerprint density at radius 3 is 2.28 bits per heavy atom. The van der Waals surface area contributed by atoms with E-state index in [0.29, 0.717) is 24.2 Å². The largest absolute Gasteiger partial charge is 0.478 e. The van der Waals surface area contributed by atoms with Gasteiger partial charge in [0.15, 0.2) is 0 Å². The lowest BCUT2D eigenvalue weighted by Crippen LogP contribution is -2.26. The summed E-state index contributed by atoms with van der Waals surface area (Å²) in [5.74, 6) is 4.79. The van der Waals surface area contributed by atoms with Crippen molar-refractivity contribution in [3.05, 3.63) is 89.0 Å². The summed E-state index contributed by atoms with van der Waals surface area (Å²) in [5.41, 5.74) is 11.5. The molecule has 6 heteroatoms. The number of hydrogen-bond acceptors (Lipinski definition) is 4. The number of amides is 1. The molecule has 4 rings (SSSR count). The Kier molecular flexibility index (Phi) is 6.09. The maximum Gasteiger partial charge on any atom is 0.407 e. The summed E-state index contributed by atoms with van der Waals surface area (Å²) < 4.78 is 5.49. The Hall–Kier alpha value is -4.24. The number of anilines is 1. The number of hydrogen-bond donors (Lipinski definition) is 3. The van der Waals surface area contributed by atoms with Crippen LogP contribution in [0.2, 0.25) is 0 Å². The number of nitrogens with one attached hydrogen (secondary N) is 1. The second-order valence-electron chi connectivity index (χ2n) is 7.41. The molecule has 0 bridgehead atoms. The molecule has 6 nitrogen and oxygen atoms in total. The Morgan fingerprint density at radius 2 is 1.66 bits per heavy atom. The van der Waals surface area contributed by atoms with Gasteiger partial charge in [0, 0.05) is 30.1 Å². The smallest absolute Gasteiger partial charge is 0.407 e. The van der Waals surface area contributed by atoms with Gasteiger partial charge in [-0.05, 0) is 40.5 Å². The first-order valence-electron chi connectivity index (χ1n) is 10.2. The van der Waals surface area contributed by atoms with Gasteiger partial charge in [0.25, 0.3) is 0 Å². The van der Waals surface area contributed by atoms with Crippen LogP contribution in [0.4, 0.5) is 10.5 Å². The summed E-state index contributed by atoms with van der Waals surface area (Å²) in [4.78, 5) is 23.1. The van der Waals surface area contributed by atoms with Gasteiger partial charge in [-0.15, -0.1) is 0 Å². The standard InChI is InChI=1S/C26H22N2O4/c27-24-15-18(25(29)30)13-12-17(24)7-5-6-14-28-26(31)32-16-23-21-10-3-1-8-19(21)20-9-2-4-11-22(20)23/h1-4,8-13,15,23H,6,14,16,27H2,(H,28,31)(H,29,30). The molecule has 3 aromatic rings. The molecular weight excluding hydrogens is 404 g/mol. The second-order valence-corrected chi connectivity index (χ2v) is 7.41. The lowest BCUT2D eigenvalue weighted by Gasteiger charge is -2.14. The van der Waals surface area contributed by atoms with E-state index in [2.05, 4.69) is 41.4 Å². The van der Waals surface area contributed by atoms with E-state index in [0.717, 1.165) is 0 Å². The quantitative estimate of drug-likeness (QED) is 0.322. The fraction of sp³-hybridized carbons (Fsp3) is 0.154. The van der Waals surface area contributed by atoms with Crippen molar-refractivity contribution in [2.75, 3.05) is 18.9 Å². The maximum absolute atomic E-state index is 12.2. The number of fused-ring (bicyclic) bond motifs is 3. The average molecular weight is 426 g/mol. The summed E-state index contributed by atoms with van der Waals surface area (Å²) >= 11 is 0. The van der Waals surface area contributed by atoms with Gasteiger partial charge < -0.3 is 20.9 Å². The normalized spacial score (nSPS) is 11.6. The van der Waals surface area contributed by atoms with Crippen LogP contribution in [0.1, 0.15) is 39.4 Å². The fourth-order valence-electron chi connectivity index (χ4n) is 3.84. The number of nitrogen functional groups attached to an aromatic ring is 1. The monoisotopic (exact) mass is 426 g/mol. The van der Waals surface area contributed by atoms with Crippen LogP contribution in [-0.4, -0.2) is 30.3 Å². The highest BCUT2D eigenvalue weighted by Crippen LogP contribution is 2.44. The number of carbonyl (C=O) groups excluding carboxylic acids is 1. The molecule has 3 aromatic carbocycles. The molecule has 0 unspecified atom stereocenters. The van der Waals surface area contributed by atoms with Crippen LogP contribution in [-0.2, 0) is 4.74 Å². The Labute approximate surface area is 186 Å². The van der Waals surface area contributed by atoms with E-state index in [4.69, 9.17) is 15.6 Å². The highest BCUT2D eigenvalue weighted by molar-refractivity contribution is 5.89. The first kappa shape index (κ1) is 21.0. The van der Waals surface area contributed by atoms with Crippen molar-refractivity contribution >= 4 is 17.7 Å². The maximum atomic E-state index is 12.2. The molecular formula is C26H22N2O4. The molecule has 0 atom stereocenters. The topological polar surface area (TPSA) is 102 Å². The number of carboxylic acids is 1. The number of carbonyl (C=O) groups is 2. The first-order valence-corrected chi connectivity index (χ1v) is 10.2. The van der Waals surface area contributed by atoms with E-state index in [1.54, 1.807) is 6.07 Å². The first-order chi connectivity index (χ1) is 15.5. The van der Waals surface area contributed by atoms with Crippen LogP contribution in [0.25, 0.3) is 11.1 Å². The van der Waals surface area contributed by atoms with Gasteiger partial charge in [0.1, 0.15) is 6.61 Å². The number of ether oxygens (including phenoxy) is 1. The molecule has 0 spiro atoms. The number of alkyl carbamates (subject to hydrolysis) is 1. The van der Waals surface area contributed by atoms with Crippen LogP contribution in [0.3, 0.4) is 0 Å². The van der Waals surface area contributed by atoms with Crippen molar-refractivity contribution in [3.8, 4) is 23.0 Å². The van der Waals surface area contributed by atoms with Gasteiger partial charge in [-0.25, -0.2) is 9.59 Å². The predicted octanol–water partition coefficient (Wildman–Crippen LogP) is 4.25. The van der Waals surface area contributed by atoms with Crippen LogP contribution in [0.15, 0.2) is 66.7 Å². The summed E-state index contributed by atoms with van der Waals surface area (Å²) in [6, 6.07) is 20.8. The van der Waals surface area contributed by atoms with E-state index in [-0.39, 0.29) is 18.1 Å². The van der Waals surface area contributed by atoms with Crippen LogP contribution in [0.5, 0.6) is 0 Å². The third-order valence-corrected chi connectivity index (χ3v) is 5.38. The summed E-state index contributed by atoms with van der Waals surface area (Å²) in [5, 5.41) is 11.7. The van der Waals surface area contributed by atoms with Crippen molar-refractivity contribution < 1.29 is 19.4 Å². The van der Waals surface area contributed by atoms with E-state index >= 15 is 0 Å². The predicted molar refractivity (Wildman–Crippen MR) is 122 cm³/mol. The lowest BCUT2D eigenvalue weighted by atomic mass is 9.98. The summed E-state index contributed by atoms with van der Waals surface area (Å²) in [7, 11) is 0. The summed E-state index contributed by atoms with van der Waals surface area (Å²) in [6.07, 6.45) is -0.0800. The molecule has 32 heavy (non-hydrogen) atoms. The second kappa shape index (κ2) is 9.27. The molecule has 1 aliphatic rings. The van der Waals surface area contributed by atoms with E-state index in [1.807, 2.05) is 24.3 Å². The molecule has 0 aromatic heterocycles. The van der Waals surface area contributed by atoms with Crippen LogP contribution < -0.4 is 11.1 Å². The van der Waals surface area contributed by atoms with Gasteiger partial charge in [-0.3, -0.25) is 0 Å². The molecule has 0 saturated carbocycles. The van der Waals surface area contributed by atoms with Crippen LogP contribution >= 0.6 is 0 Å². The number of carboxylic acid groups (broad SMARTS) is 1. The minimum atomic E-state index is -1.04. The zero-order valence-electron chi connectivity index (χ0n) is 17.3.